The van der Waals surface area contributed by atoms with Crippen molar-refractivity contribution in [1.82, 2.24) is 0 Å². The Balaban J connectivity index is 2.52. The van der Waals surface area contributed by atoms with Crippen LogP contribution in [0.25, 0.3) is 0 Å². The van der Waals surface area contributed by atoms with E-state index in [-0.39, 0.29) is 15.8 Å². The minimum atomic E-state index is -3.67. The largest absolute Gasteiger partial charge is 0.222 e. The molecule has 0 aliphatic heterocycles. The van der Waals surface area contributed by atoms with Crippen molar-refractivity contribution in [3.8, 4) is 6.07 Å². The lowest BCUT2D eigenvalue weighted by Gasteiger charge is -2.39. The second-order valence-electron chi connectivity index (χ2n) is 4.55. The molecular formula is C12H12ClNO2S. The lowest BCUT2D eigenvalue weighted by molar-refractivity contribution is 0.287. The van der Waals surface area contributed by atoms with E-state index in [9.17, 15) is 8.42 Å². The van der Waals surface area contributed by atoms with Gasteiger partial charge in [0.15, 0.2) is 14.6 Å². The van der Waals surface area contributed by atoms with Crippen LogP contribution in [0.3, 0.4) is 0 Å². The maximum absolute atomic E-state index is 12.4. The lowest BCUT2D eigenvalue weighted by atomic mass is 9.76. The molecule has 2 rings (SSSR count). The van der Waals surface area contributed by atoms with E-state index in [1.165, 1.54) is 12.1 Å². The molecule has 17 heavy (non-hydrogen) atoms. The first-order valence-corrected chi connectivity index (χ1v) is 7.19. The first kappa shape index (κ1) is 12.4. The minimum absolute atomic E-state index is 0.0649. The van der Waals surface area contributed by atoms with Gasteiger partial charge in [0.05, 0.1) is 16.0 Å². The van der Waals surface area contributed by atoms with Gasteiger partial charge >= 0.3 is 0 Å². The summed E-state index contributed by atoms with van der Waals surface area (Å²) in [5, 5.41) is 9.35. The van der Waals surface area contributed by atoms with Gasteiger partial charge in [-0.2, -0.15) is 5.26 Å². The zero-order valence-corrected chi connectivity index (χ0v) is 10.9. The van der Waals surface area contributed by atoms with E-state index in [0.717, 1.165) is 0 Å². The van der Waals surface area contributed by atoms with Gasteiger partial charge in [0.25, 0.3) is 0 Å². The Bertz CT molecular complexity index is 583. The van der Waals surface area contributed by atoms with Crippen LogP contribution in [-0.4, -0.2) is 13.2 Å². The molecule has 0 aromatic heterocycles. The highest BCUT2D eigenvalue weighted by molar-refractivity contribution is 7.93. The molecule has 0 spiro atoms. The van der Waals surface area contributed by atoms with Crippen molar-refractivity contribution in [2.24, 2.45) is 5.92 Å². The monoisotopic (exact) mass is 269 g/mol. The summed E-state index contributed by atoms with van der Waals surface area (Å²) in [4.78, 5) is 0.0649. The van der Waals surface area contributed by atoms with Gasteiger partial charge < -0.3 is 0 Å². The van der Waals surface area contributed by atoms with Gasteiger partial charge in [-0.05, 0) is 30.9 Å². The third kappa shape index (κ3) is 1.74. The molecule has 1 fully saturated rings. The average Bonchev–Trinajstić information content (AvgIpc) is 2.24. The van der Waals surface area contributed by atoms with Gasteiger partial charge in [-0.15, -0.1) is 0 Å². The SMILES string of the molecule is CC1CC(C#N)(S(=O)(=O)c2ccccc2Cl)C1. The zero-order valence-electron chi connectivity index (χ0n) is 9.35. The fourth-order valence-corrected chi connectivity index (χ4v) is 4.88. The first-order valence-electron chi connectivity index (χ1n) is 5.33. The molecule has 90 valence electrons. The van der Waals surface area contributed by atoms with Crippen LogP contribution < -0.4 is 0 Å². The lowest BCUT2D eigenvalue weighted by Crippen LogP contribution is -2.48. The van der Waals surface area contributed by atoms with Crippen molar-refractivity contribution >= 4 is 21.4 Å². The van der Waals surface area contributed by atoms with Crippen molar-refractivity contribution in [2.45, 2.75) is 29.4 Å². The van der Waals surface area contributed by atoms with Crippen LogP contribution in [0.5, 0.6) is 0 Å². The summed E-state index contributed by atoms with van der Waals surface area (Å²) in [5.74, 6) is 0.270. The van der Waals surface area contributed by atoms with Crippen molar-refractivity contribution in [3.05, 3.63) is 29.3 Å². The van der Waals surface area contributed by atoms with Crippen LogP contribution in [0.15, 0.2) is 29.2 Å². The quantitative estimate of drug-likeness (QED) is 0.829. The van der Waals surface area contributed by atoms with Crippen LogP contribution >= 0.6 is 11.6 Å². The molecule has 5 heteroatoms. The van der Waals surface area contributed by atoms with Crippen LogP contribution in [0.1, 0.15) is 19.8 Å². The Labute approximate surface area is 106 Å². The Hall–Kier alpha value is -1.05. The Kier molecular flexibility index (Phi) is 2.92. The van der Waals surface area contributed by atoms with Gasteiger partial charge in [-0.3, -0.25) is 0 Å². The molecule has 1 aliphatic rings. The summed E-state index contributed by atoms with van der Waals surface area (Å²) in [6.45, 7) is 1.94. The summed E-state index contributed by atoms with van der Waals surface area (Å²) in [7, 11) is -3.67. The molecule has 1 saturated carbocycles. The zero-order chi connectivity index (χ0) is 12.7. The van der Waals surface area contributed by atoms with Crippen molar-refractivity contribution in [1.29, 1.82) is 5.26 Å². The summed E-state index contributed by atoms with van der Waals surface area (Å²) < 4.78 is 23.6. The van der Waals surface area contributed by atoms with E-state index < -0.39 is 14.6 Å². The Morgan fingerprint density at radius 3 is 2.47 bits per heavy atom. The molecule has 0 atom stereocenters. The molecule has 0 bridgehead atoms. The van der Waals surface area contributed by atoms with Crippen LogP contribution in [0, 0.1) is 17.2 Å². The third-order valence-electron chi connectivity index (χ3n) is 3.20. The number of nitrogens with zero attached hydrogens (tertiary/aromatic N) is 1. The highest BCUT2D eigenvalue weighted by atomic mass is 35.5. The fraction of sp³-hybridized carbons (Fsp3) is 0.417. The van der Waals surface area contributed by atoms with E-state index >= 15 is 0 Å². The highest BCUT2D eigenvalue weighted by Crippen LogP contribution is 2.47. The van der Waals surface area contributed by atoms with E-state index in [2.05, 4.69) is 0 Å². The molecule has 0 N–H and O–H groups in total. The molecule has 3 nitrogen and oxygen atoms in total. The standard InChI is InChI=1S/C12H12ClNO2S/c1-9-6-12(7-9,8-14)17(15,16)11-5-3-2-4-10(11)13/h2-5,9H,6-7H2,1H3. The van der Waals surface area contributed by atoms with E-state index in [0.29, 0.717) is 12.8 Å². The number of halogens is 1. The average molecular weight is 270 g/mol. The summed E-state index contributed by atoms with van der Waals surface area (Å²) in [5.41, 5.74) is 0. The minimum Gasteiger partial charge on any atom is -0.222 e. The molecule has 0 heterocycles. The van der Waals surface area contributed by atoms with Gasteiger partial charge in [0.1, 0.15) is 0 Å². The van der Waals surface area contributed by atoms with Gasteiger partial charge in [-0.1, -0.05) is 30.7 Å². The Morgan fingerprint density at radius 1 is 1.41 bits per heavy atom. The first-order chi connectivity index (χ1) is 7.93. The second kappa shape index (κ2) is 4.01. The van der Waals surface area contributed by atoms with Crippen molar-refractivity contribution in [2.75, 3.05) is 0 Å². The molecule has 0 unspecified atom stereocenters. The molecule has 1 aromatic rings. The number of sulfone groups is 1. The summed E-state index contributed by atoms with van der Waals surface area (Å²) in [6, 6.07) is 8.24. The van der Waals surface area contributed by atoms with Crippen molar-refractivity contribution in [3.63, 3.8) is 0 Å². The number of nitriles is 1. The van der Waals surface area contributed by atoms with E-state index in [1.807, 2.05) is 13.0 Å². The fourth-order valence-electron chi connectivity index (χ4n) is 2.31. The molecule has 0 amide bonds. The van der Waals surface area contributed by atoms with E-state index in [4.69, 9.17) is 16.9 Å². The molecule has 1 aromatic carbocycles. The summed E-state index contributed by atoms with van der Waals surface area (Å²) >= 11 is 5.90. The number of hydrogen-bond donors (Lipinski definition) is 0. The smallest absolute Gasteiger partial charge is 0.198 e. The van der Waals surface area contributed by atoms with E-state index in [1.54, 1.807) is 12.1 Å². The second-order valence-corrected chi connectivity index (χ2v) is 7.19. The molecule has 0 saturated heterocycles. The highest BCUT2D eigenvalue weighted by Gasteiger charge is 2.54. The van der Waals surface area contributed by atoms with Crippen LogP contribution in [0.2, 0.25) is 5.02 Å². The molecule has 0 radical (unpaired) electrons. The third-order valence-corrected chi connectivity index (χ3v) is 6.03. The predicted molar refractivity (Wildman–Crippen MR) is 65.4 cm³/mol. The van der Waals surface area contributed by atoms with Crippen LogP contribution in [-0.2, 0) is 9.84 Å². The van der Waals surface area contributed by atoms with Gasteiger partial charge in [-0.25, -0.2) is 8.42 Å². The predicted octanol–water partition coefficient (Wildman–Crippen LogP) is 2.81. The molecular weight excluding hydrogens is 258 g/mol. The maximum atomic E-state index is 12.4. The summed E-state index contributed by atoms with van der Waals surface area (Å²) in [6.07, 6.45) is 0.772. The number of benzene rings is 1. The topological polar surface area (TPSA) is 57.9 Å². The van der Waals surface area contributed by atoms with Gasteiger partial charge in [0, 0.05) is 0 Å². The number of rotatable bonds is 2. The van der Waals surface area contributed by atoms with Crippen LogP contribution in [0.4, 0.5) is 0 Å². The van der Waals surface area contributed by atoms with Crippen molar-refractivity contribution < 1.29 is 8.42 Å². The van der Waals surface area contributed by atoms with Gasteiger partial charge in [0.2, 0.25) is 0 Å². The number of hydrogen-bond acceptors (Lipinski definition) is 3. The normalized spacial score (nSPS) is 28.2. The molecule has 1 aliphatic carbocycles. The Morgan fingerprint density at radius 2 is 2.00 bits per heavy atom. The maximum Gasteiger partial charge on any atom is 0.198 e.